The predicted octanol–water partition coefficient (Wildman–Crippen LogP) is 0.836. The van der Waals surface area contributed by atoms with E-state index in [4.69, 9.17) is 10.5 Å². The number of hydrogen-bond donors (Lipinski definition) is 2. The van der Waals surface area contributed by atoms with E-state index in [1.54, 1.807) is 7.11 Å². The third kappa shape index (κ3) is 3.91. The topological polar surface area (TPSA) is 100 Å². The van der Waals surface area contributed by atoms with Gasteiger partial charge in [0.15, 0.2) is 0 Å². The molecule has 24 heavy (non-hydrogen) atoms. The van der Waals surface area contributed by atoms with Crippen LogP contribution in [0.25, 0.3) is 0 Å². The Morgan fingerprint density at radius 3 is 2.58 bits per heavy atom. The summed E-state index contributed by atoms with van der Waals surface area (Å²) in [5, 5.41) is 6.97. The van der Waals surface area contributed by atoms with Gasteiger partial charge in [-0.1, -0.05) is 11.8 Å². The van der Waals surface area contributed by atoms with Gasteiger partial charge >= 0.3 is 0 Å². The Hall–Kier alpha value is -2.42. The number of nitrogens with two attached hydrogens (primary N) is 1. The Morgan fingerprint density at radius 1 is 1.29 bits per heavy atom. The van der Waals surface area contributed by atoms with Crippen LogP contribution in [0.15, 0.2) is 29.4 Å². The van der Waals surface area contributed by atoms with Crippen molar-refractivity contribution >= 4 is 29.3 Å². The maximum absolute atomic E-state index is 12.3. The number of carbonyl (C=O) groups is 1. The number of amides is 1. The van der Waals surface area contributed by atoms with Crippen molar-refractivity contribution in [1.82, 2.24) is 20.1 Å². The summed E-state index contributed by atoms with van der Waals surface area (Å²) in [6.07, 6.45) is 0. The van der Waals surface area contributed by atoms with E-state index in [2.05, 4.69) is 20.1 Å². The molecule has 1 aromatic heterocycles. The number of anilines is 2. The Morgan fingerprint density at radius 2 is 2.00 bits per heavy atom. The standard InChI is InChI=1S/C15H20N6O2S/c1-23-12-4-2-11(3-5-12)20-6-8-21(9-7-20)13(22)10-24-15-17-14(16)18-19-15/h2-5H,6-10H2,1H3,(H3,16,17,18,19). The lowest BCUT2D eigenvalue weighted by atomic mass is 10.2. The van der Waals surface area contributed by atoms with E-state index in [9.17, 15) is 4.79 Å². The highest BCUT2D eigenvalue weighted by Crippen LogP contribution is 2.21. The Kier molecular flexibility index (Phi) is 5.09. The molecule has 9 heteroatoms. The lowest BCUT2D eigenvalue weighted by Gasteiger charge is -2.36. The first-order chi connectivity index (χ1) is 11.7. The van der Waals surface area contributed by atoms with Gasteiger partial charge in [0.2, 0.25) is 17.0 Å². The van der Waals surface area contributed by atoms with E-state index in [-0.39, 0.29) is 11.9 Å². The zero-order chi connectivity index (χ0) is 16.9. The largest absolute Gasteiger partial charge is 0.497 e. The number of nitrogens with zero attached hydrogens (tertiary/aromatic N) is 4. The van der Waals surface area contributed by atoms with Crippen molar-refractivity contribution in [3.63, 3.8) is 0 Å². The molecular formula is C15H20N6O2S. The molecule has 0 saturated carbocycles. The van der Waals surface area contributed by atoms with Gasteiger partial charge in [0.1, 0.15) is 5.75 Å². The summed E-state index contributed by atoms with van der Waals surface area (Å²) in [4.78, 5) is 20.4. The number of nitrogen functional groups attached to an aromatic ring is 1. The summed E-state index contributed by atoms with van der Waals surface area (Å²) in [5.41, 5.74) is 6.61. The van der Waals surface area contributed by atoms with E-state index in [0.29, 0.717) is 24.0 Å². The van der Waals surface area contributed by atoms with Crippen molar-refractivity contribution in [2.45, 2.75) is 5.16 Å². The van der Waals surface area contributed by atoms with Crippen molar-refractivity contribution in [3.05, 3.63) is 24.3 Å². The Bertz CT molecular complexity index is 682. The number of rotatable bonds is 5. The van der Waals surface area contributed by atoms with Gasteiger partial charge in [0.25, 0.3) is 0 Å². The number of aromatic amines is 1. The van der Waals surface area contributed by atoms with Gasteiger partial charge in [0.05, 0.1) is 12.9 Å². The molecule has 1 amide bonds. The molecule has 1 saturated heterocycles. The molecule has 3 N–H and O–H groups in total. The van der Waals surface area contributed by atoms with Gasteiger partial charge < -0.3 is 20.3 Å². The third-order valence-electron chi connectivity index (χ3n) is 3.88. The minimum atomic E-state index is 0.0951. The number of nitrogens with one attached hydrogen (secondary N) is 1. The fourth-order valence-corrected chi connectivity index (χ4v) is 3.26. The number of thioether (sulfide) groups is 1. The van der Waals surface area contributed by atoms with Crippen LogP contribution >= 0.6 is 11.8 Å². The van der Waals surface area contributed by atoms with Crippen molar-refractivity contribution in [1.29, 1.82) is 0 Å². The highest BCUT2D eigenvalue weighted by molar-refractivity contribution is 7.99. The maximum Gasteiger partial charge on any atom is 0.233 e. The average Bonchev–Trinajstić information content (AvgIpc) is 3.05. The predicted molar refractivity (Wildman–Crippen MR) is 93.3 cm³/mol. The minimum Gasteiger partial charge on any atom is -0.497 e. The van der Waals surface area contributed by atoms with Crippen LogP contribution in [0.5, 0.6) is 5.75 Å². The number of benzene rings is 1. The zero-order valence-electron chi connectivity index (χ0n) is 13.4. The number of methoxy groups -OCH3 is 1. The molecule has 2 heterocycles. The third-order valence-corrected chi connectivity index (χ3v) is 4.71. The summed E-state index contributed by atoms with van der Waals surface area (Å²) in [7, 11) is 1.66. The summed E-state index contributed by atoms with van der Waals surface area (Å²) >= 11 is 1.29. The highest BCUT2D eigenvalue weighted by Gasteiger charge is 2.21. The van der Waals surface area contributed by atoms with Crippen LogP contribution in [-0.4, -0.2) is 65.0 Å². The van der Waals surface area contributed by atoms with E-state index in [1.165, 1.54) is 11.8 Å². The van der Waals surface area contributed by atoms with Crippen molar-refractivity contribution in [2.24, 2.45) is 0 Å². The van der Waals surface area contributed by atoms with Crippen LogP contribution in [0, 0.1) is 0 Å². The first-order valence-electron chi connectivity index (χ1n) is 7.63. The summed E-state index contributed by atoms with van der Waals surface area (Å²) in [6, 6.07) is 7.98. The molecule has 3 rings (SSSR count). The van der Waals surface area contributed by atoms with Gasteiger partial charge in [-0.05, 0) is 24.3 Å². The van der Waals surface area contributed by atoms with Crippen LogP contribution in [0.1, 0.15) is 0 Å². The molecule has 0 radical (unpaired) electrons. The Balaban J connectivity index is 1.47. The molecule has 1 fully saturated rings. The molecule has 0 bridgehead atoms. The number of piperazine rings is 1. The smallest absolute Gasteiger partial charge is 0.233 e. The maximum atomic E-state index is 12.3. The molecule has 0 aliphatic carbocycles. The lowest BCUT2D eigenvalue weighted by Crippen LogP contribution is -2.49. The van der Waals surface area contributed by atoms with Gasteiger partial charge in [-0.15, -0.1) is 5.10 Å². The molecule has 2 aromatic rings. The molecule has 0 spiro atoms. The van der Waals surface area contributed by atoms with E-state index < -0.39 is 0 Å². The fourth-order valence-electron chi connectivity index (χ4n) is 2.55. The molecule has 8 nitrogen and oxygen atoms in total. The number of H-pyrrole nitrogens is 1. The van der Waals surface area contributed by atoms with Gasteiger partial charge in [-0.2, -0.15) is 4.98 Å². The zero-order valence-corrected chi connectivity index (χ0v) is 14.3. The van der Waals surface area contributed by atoms with E-state index in [0.717, 1.165) is 24.5 Å². The monoisotopic (exact) mass is 348 g/mol. The SMILES string of the molecule is COc1ccc(N2CCN(C(=O)CSc3n[nH]c(N)n3)CC2)cc1. The molecular weight excluding hydrogens is 328 g/mol. The van der Waals surface area contributed by atoms with Gasteiger partial charge in [0, 0.05) is 31.9 Å². The first-order valence-corrected chi connectivity index (χ1v) is 8.62. The molecule has 128 valence electrons. The molecule has 1 aromatic carbocycles. The summed E-state index contributed by atoms with van der Waals surface area (Å²) < 4.78 is 5.18. The molecule has 0 atom stereocenters. The second-order valence-electron chi connectivity index (χ2n) is 5.36. The van der Waals surface area contributed by atoms with Crippen LogP contribution in [-0.2, 0) is 4.79 Å². The number of aromatic nitrogens is 3. The average molecular weight is 348 g/mol. The molecule has 1 aliphatic rings. The van der Waals surface area contributed by atoms with Crippen LogP contribution in [0.3, 0.4) is 0 Å². The second-order valence-corrected chi connectivity index (χ2v) is 6.30. The van der Waals surface area contributed by atoms with Gasteiger partial charge in [-0.3, -0.25) is 4.79 Å². The summed E-state index contributed by atoms with van der Waals surface area (Å²) in [6.45, 7) is 3.05. The first kappa shape index (κ1) is 16.4. The number of ether oxygens (including phenoxy) is 1. The normalized spacial score (nSPS) is 14.7. The number of carbonyl (C=O) groups excluding carboxylic acids is 1. The van der Waals surface area contributed by atoms with Crippen LogP contribution in [0.4, 0.5) is 11.6 Å². The van der Waals surface area contributed by atoms with Gasteiger partial charge in [-0.25, -0.2) is 5.10 Å². The second kappa shape index (κ2) is 7.43. The molecule has 0 unspecified atom stereocenters. The summed E-state index contributed by atoms with van der Waals surface area (Å²) in [5.74, 6) is 1.52. The van der Waals surface area contributed by atoms with Crippen molar-refractivity contribution in [3.8, 4) is 5.75 Å². The van der Waals surface area contributed by atoms with Crippen LogP contribution < -0.4 is 15.4 Å². The van der Waals surface area contributed by atoms with E-state index in [1.807, 2.05) is 29.2 Å². The van der Waals surface area contributed by atoms with Crippen molar-refractivity contribution in [2.75, 3.05) is 49.7 Å². The van der Waals surface area contributed by atoms with E-state index >= 15 is 0 Å². The fraction of sp³-hybridized carbons (Fsp3) is 0.400. The molecule has 1 aliphatic heterocycles. The lowest BCUT2D eigenvalue weighted by molar-refractivity contribution is -0.128. The van der Waals surface area contributed by atoms with Crippen LogP contribution in [0.2, 0.25) is 0 Å². The van der Waals surface area contributed by atoms with Crippen molar-refractivity contribution < 1.29 is 9.53 Å². The quantitative estimate of drug-likeness (QED) is 0.772. The minimum absolute atomic E-state index is 0.0951. The Labute approximate surface area is 144 Å². The number of hydrogen-bond acceptors (Lipinski definition) is 7. The highest BCUT2D eigenvalue weighted by atomic mass is 32.2.